The van der Waals surface area contributed by atoms with Gasteiger partial charge < -0.3 is 21.7 Å². The van der Waals surface area contributed by atoms with Crippen LogP contribution in [0, 0.1) is 17.2 Å². The number of likely N-dealkylation sites (tertiary alicyclic amines) is 1. The van der Waals surface area contributed by atoms with E-state index < -0.39 is 17.2 Å². The lowest BCUT2D eigenvalue weighted by Gasteiger charge is -2.29. The van der Waals surface area contributed by atoms with Gasteiger partial charge in [-0.1, -0.05) is 17.3 Å². The van der Waals surface area contributed by atoms with E-state index >= 15 is 0 Å². The van der Waals surface area contributed by atoms with E-state index in [1.54, 1.807) is 29.2 Å². The standard InChI is InChI=1S/C26H25N9O3/c27-11-16-7-15-10-21(15)35(16)22(36)12-30-6-5-26(25-31-33-34-32-25)19-3-1-13(23(28)37)8-17(19)18-9-14(24(29)38)2-4-20(18)26/h1-4,8-9,15-16,21,30H,5-7,10,12H2,(H2,28,37)(H2,29,38)(H,31,32,33,34)/t15-,16+,21+/m1/s1. The third-order valence-electron chi connectivity index (χ3n) is 8.04. The number of aromatic amines is 1. The summed E-state index contributed by atoms with van der Waals surface area (Å²) in [5, 5.41) is 27.6. The van der Waals surface area contributed by atoms with Crippen molar-refractivity contribution < 1.29 is 14.4 Å². The molecule has 0 radical (unpaired) electrons. The van der Waals surface area contributed by atoms with Gasteiger partial charge in [-0.15, -0.1) is 10.2 Å². The molecule has 38 heavy (non-hydrogen) atoms. The van der Waals surface area contributed by atoms with Gasteiger partial charge in [0.05, 0.1) is 18.0 Å². The lowest BCUT2D eigenvalue weighted by atomic mass is 9.74. The molecule has 12 heteroatoms. The maximum Gasteiger partial charge on any atom is 0.248 e. The summed E-state index contributed by atoms with van der Waals surface area (Å²) >= 11 is 0. The Bertz CT molecular complexity index is 1450. The van der Waals surface area contributed by atoms with Crippen molar-refractivity contribution in [1.29, 1.82) is 5.26 Å². The van der Waals surface area contributed by atoms with Crippen LogP contribution in [0.3, 0.4) is 0 Å². The monoisotopic (exact) mass is 511 g/mol. The van der Waals surface area contributed by atoms with Crippen molar-refractivity contribution >= 4 is 17.7 Å². The number of hydrogen-bond acceptors (Lipinski definition) is 8. The third kappa shape index (κ3) is 3.54. The predicted octanol–water partition coefficient (Wildman–Crippen LogP) is 0.205. The summed E-state index contributed by atoms with van der Waals surface area (Å²) < 4.78 is 0. The van der Waals surface area contributed by atoms with Gasteiger partial charge in [-0.25, -0.2) is 0 Å². The molecule has 2 aliphatic carbocycles. The van der Waals surface area contributed by atoms with Crippen LogP contribution in [-0.4, -0.2) is 68.4 Å². The summed E-state index contributed by atoms with van der Waals surface area (Å²) in [5.74, 6) is -0.373. The molecule has 1 saturated heterocycles. The predicted molar refractivity (Wildman–Crippen MR) is 133 cm³/mol. The highest BCUT2D eigenvalue weighted by Crippen LogP contribution is 2.53. The van der Waals surface area contributed by atoms with Crippen molar-refractivity contribution in [3.8, 4) is 17.2 Å². The normalized spacial score (nSPS) is 21.8. The van der Waals surface area contributed by atoms with Crippen LogP contribution >= 0.6 is 0 Å². The lowest BCUT2D eigenvalue weighted by Crippen LogP contribution is -2.43. The Morgan fingerprint density at radius 1 is 1.08 bits per heavy atom. The topological polar surface area (TPSA) is 197 Å². The highest BCUT2D eigenvalue weighted by molar-refractivity contribution is 5.98. The highest BCUT2D eigenvalue weighted by atomic mass is 16.2. The first-order valence-electron chi connectivity index (χ1n) is 12.4. The van der Waals surface area contributed by atoms with Gasteiger partial charge in [-0.2, -0.15) is 10.5 Å². The quantitative estimate of drug-likeness (QED) is 0.308. The maximum absolute atomic E-state index is 12.9. The lowest BCUT2D eigenvalue weighted by molar-refractivity contribution is -0.131. The summed E-state index contributed by atoms with van der Waals surface area (Å²) in [6.07, 6.45) is 2.17. The van der Waals surface area contributed by atoms with Gasteiger partial charge in [0.25, 0.3) is 0 Å². The summed E-state index contributed by atoms with van der Waals surface area (Å²) in [5.41, 5.74) is 13.9. The summed E-state index contributed by atoms with van der Waals surface area (Å²) in [6, 6.07) is 12.4. The second-order valence-electron chi connectivity index (χ2n) is 10.1. The number of nitrogens with two attached hydrogens (primary N) is 2. The first kappa shape index (κ1) is 23.7. The molecular formula is C26H25N9O3. The van der Waals surface area contributed by atoms with E-state index in [1.807, 2.05) is 12.1 Å². The zero-order valence-electron chi connectivity index (χ0n) is 20.3. The molecule has 0 bridgehead atoms. The number of carbonyl (C=O) groups excluding carboxylic acids is 3. The second kappa shape index (κ2) is 8.74. The van der Waals surface area contributed by atoms with Crippen LogP contribution in [-0.2, 0) is 10.2 Å². The Balaban J connectivity index is 1.34. The van der Waals surface area contributed by atoms with Gasteiger partial charge >= 0.3 is 0 Å². The minimum atomic E-state index is -0.884. The smallest absolute Gasteiger partial charge is 0.248 e. The number of H-pyrrole nitrogens is 1. The molecule has 3 aliphatic rings. The van der Waals surface area contributed by atoms with Gasteiger partial charge in [0.15, 0.2) is 5.82 Å². The molecule has 1 aliphatic heterocycles. The number of piperidine rings is 1. The number of amides is 3. The second-order valence-corrected chi connectivity index (χ2v) is 10.1. The number of benzene rings is 2. The molecule has 3 atom stereocenters. The number of fused-ring (bicyclic) bond motifs is 4. The number of nitrogens with one attached hydrogen (secondary N) is 2. The number of rotatable bonds is 8. The fourth-order valence-corrected chi connectivity index (χ4v) is 6.19. The first-order valence-corrected chi connectivity index (χ1v) is 12.4. The van der Waals surface area contributed by atoms with Crippen molar-refractivity contribution in [2.75, 3.05) is 13.1 Å². The van der Waals surface area contributed by atoms with Crippen LogP contribution in [0.4, 0.5) is 0 Å². The average molecular weight is 512 g/mol. The zero-order chi connectivity index (χ0) is 26.6. The minimum absolute atomic E-state index is 0.0837. The largest absolute Gasteiger partial charge is 0.366 e. The van der Waals surface area contributed by atoms with Gasteiger partial charge in [-0.3, -0.25) is 14.4 Å². The van der Waals surface area contributed by atoms with Crippen LogP contribution in [0.1, 0.15) is 56.9 Å². The number of nitrogens with zero attached hydrogens (tertiary/aromatic N) is 5. The molecule has 2 heterocycles. The molecule has 0 unspecified atom stereocenters. The van der Waals surface area contributed by atoms with Gasteiger partial charge in [0.2, 0.25) is 17.7 Å². The molecule has 1 saturated carbocycles. The number of nitriles is 1. The Morgan fingerprint density at radius 2 is 1.74 bits per heavy atom. The number of primary amides is 2. The first-order chi connectivity index (χ1) is 18.3. The van der Waals surface area contributed by atoms with E-state index in [0.717, 1.165) is 24.0 Å². The van der Waals surface area contributed by atoms with Gasteiger partial charge in [-0.05, 0) is 78.2 Å². The molecule has 6 rings (SSSR count). The Kier molecular flexibility index (Phi) is 5.46. The van der Waals surface area contributed by atoms with Crippen LogP contribution in [0.25, 0.3) is 11.1 Å². The minimum Gasteiger partial charge on any atom is -0.366 e. The molecule has 6 N–H and O–H groups in total. The van der Waals surface area contributed by atoms with Crippen molar-refractivity contribution in [3.63, 3.8) is 0 Å². The fraction of sp³-hybridized carbons (Fsp3) is 0.346. The maximum atomic E-state index is 12.9. The Morgan fingerprint density at radius 3 is 2.29 bits per heavy atom. The molecular weight excluding hydrogens is 486 g/mol. The third-order valence-corrected chi connectivity index (χ3v) is 8.04. The van der Waals surface area contributed by atoms with E-state index in [2.05, 4.69) is 32.0 Å². The molecule has 2 aromatic carbocycles. The van der Waals surface area contributed by atoms with E-state index in [1.165, 1.54) is 0 Å². The molecule has 192 valence electrons. The van der Waals surface area contributed by atoms with E-state index in [4.69, 9.17) is 11.5 Å². The van der Waals surface area contributed by atoms with E-state index in [-0.39, 0.29) is 24.5 Å². The molecule has 12 nitrogen and oxygen atoms in total. The average Bonchev–Trinajstić information content (AvgIpc) is 3.25. The summed E-state index contributed by atoms with van der Waals surface area (Å²) in [4.78, 5) is 38.6. The molecule has 2 fully saturated rings. The molecule has 0 spiro atoms. The number of tetrazole rings is 1. The van der Waals surface area contributed by atoms with Gasteiger partial charge in [0.1, 0.15) is 6.04 Å². The van der Waals surface area contributed by atoms with E-state index in [9.17, 15) is 19.6 Å². The summed E-state index contributed by atoms with van der Waals surface area (Å²) in [6.45, 7) is 0.512. The zero-order valence-corrected chi connectivity index (χ0v) is 20.3. The van der Waals surface area contributed by atoms with Crippen molar-refractivity contribution in [3.05, 3.63) is 64.5 Å². The van der Waals surface area contributed by atoms with Crippen LogP contribution in [0.5, 0.6) is 0 Å². The van der Waals surface area contributed by atoms with Crippen LogP contribution in [0.2, 0.25) is 0 Å². The van der Waals surface area contributed by atoms with Crippen molar-refractivity contribution in [2.45, 2.75) is 36.8 Å². The molecule has 1 aromatic heterocycles. The number of carbonyl (C=O) groups is 3. The van der Waals surface area contributed by atoms with Gasteiger partial charge in [0, 0.05) is 17.2 Å². The fourth-order valence-electron chi connectivity index (χ4n) is 6.19. The van der Waals surface area contributed by atoms with Crippen LogP contribution < -0.4 is 16.8 Å². The summed E-state index contributed by atoms with van der Waals surface area (Å²) in [7, 11) is 0. The number of hydrogen-bond donors (Lipinski definition) is 4. The van der Waals surface area contributed by atoms with Crippen LogP contribution in [0.15, 0.2) is 36.4 Å². The Labute approximate surface area is 217 Å². The Hall–Kier alpha value is -4.63. The SMILES string of the molecule is N#C[C@@H]1C[C@@H]2C[C@@H]2N1C(=O)CNCCC1(c2nn[nH]n2)c2ccc(C(N)=O)cc2-c2cc(C(N)=O)ccc21. The molecule has 3 aromatic rings. The highest BCUT2D eigenvalue weighted by Gasteiger charge is 2.54. The van der Waals surface area contributed by atoms with E-state index in [0.29, 0.717) is 47.0 Å². The molecule has 3 amide bonds. The van der Waals surface area contributed by atoms with Crippen molar-refractivity contribution in [1.82, 2.24) is 30.8 Å². The number of aromatic nitrogens is 4. The van der Waals surface area contributed by atoms with Crippen molar-refractivity contribution in [2.24, 2.45) is 17.4 Å².